The molecule has 0 radical (unpaired) electrons. The second-order valence-corrected chi connectivity index (χ2v) is 2.97. The number of rotatable bonds is 4. The van der Waals surface area contributed by atoms with Crippen molar-refractivity contribution in [2.75, 3.05) is 6.61 Å². The third-order valence-corrected chi connectivity index (χ3v) is 1.81. The summed E-state index contributed by atoms with van der Waals surface area (Å²) in [6.45, 7) is -0.0792. The average molecular weight is 208 g/mol. The first-order chi connectivity index (χ1) is 7.25. The van der Waals surface area contributed by atoms with Crippen LogP contribution in [0.5, 0.6) is 0 Å². The molecule has 1 aromatic carbocycles. The number of ether oxygens (including phenoxy) is 1. The molecule has 15 heavy (non-hydrogen) atoms. The lowest BCUT2D eigenvalue weighted by Gasteiger charge is -2.00. The monoisotopic (exact) mass is 208 g/mol. The van der Waals surface area contributed by atoms with Gasteiger partial charge in [-0.15, -0.1) is 0 Å². The van der Waals surface area contributed by atoms with E-state index in [0.29, 0.717) is 11.0 Å². The van der Waals surface area contributed by atoms with E-state index in [9.17, 15) is 4.79 Å². The normalized spacial score (nSPS) is 10.7. The second-order valence-electron chi connectivity index (χ2n) is 2.97. The van der Waals surface area contributed by atoms with Crippen LogP contribution in [0.1, 0.15) is 5.56 Å². The molecule has 0 aliphatic carbocycles. The van der Waals surface area contributed by atoms with Crippen molar-refractivity contribution in [2.24, 2.45) is 0 Å². The largest absolute Gasteiger partial charge is 0.480 e. The van der Waals surface area contributed by atoms with E-state index in [1.165, 1.54) is 0 Å². The number of carboxylic acids is 1. The third kappa shape index (κ3) is 2.29. The summed E-state index contributed by atoms with van der Waals surface area (Å²) in [5.74, 6) is -0.987. The topological polar surface area (TPSA) is 85.5 Å². The number of hydrogen-bond donors (Lipinski definition) is 1. The first-order valence-electron chi connectivity index (χ1n) is 4.26. The Morgan fingerprint density at radius 3 is 3.00 bits per heavy atom. The number of carboxylic acid groups (broad SMARTS) is 1. The van der Waals surface area contributed by atoms with Crippen LogP contribution >= 0.6 is 0 Å². The van der Waals surface area contributed by atoms with Crippen molar-refractivity contribution < 1.29 is 19.3 Å². The number of carbonyl (C=O) groups is 1. The van der Waals surface area contributed by atoms with Crippen molar-refractivity contribution in [3.05, 3.63) is 23.8 Å². The summed E-state index contributed by atoms with van der Waals surface area (Å²) in [5.41, 5.74) is 2.13. The lowest BCUT2D eigenvalue weighted by Crippen LogP contribution is -2.06. The lowest BCUT2D eigenvalue weighted by atomic mass is 10.2. The summed E-state index contributed by atoms with van der Waals surface area (Å²) in [5, 5.41) is 15.7. The molecule has 0 aliphatic heterocycles. The molecule has 2 rings (SSSR count). The summed E-state index contributed by atoms with van der Waals surface area (Å²) in [6.07, 6.45) is 0. The van der Waals surface area contributed by atoms with Crippen molar-refractivity contribution in [1.29, 1.82) is 0 Å². The van der Waals surface area contributed by atoms with Gasteiger partial charge in [0.15, 0.2) is 0 Å². The molecule has 0 atom stereocenters. The number of benzene rings is 1. The Hall–Kier alpha value is -1.95. The molecule has 0 spiro atoms. The van der Waals surface area contributed by atoms with Crippen molar-refractivity contribution in [3.63, 3.8) is 0 Å². The highest BCUT2D eigenvalue weighted by atomic mass is 16.6. The summed E-state index contributed by atoms with van der Waals surface area (Å²) in [6, 6.07) is 5.27. The van der Waals surface area contributed by atoms with E-state index >= 15 is 0 Å². The van der Waals surface area contributed by atoms with E-state index in [-0.39, 0.29) is 13.2 Å². The number of fused-ring (bicyclic) bond motifs is 1. The van der Waals surface area contributed by atoms with Gasteiger partial charge in [-0.3, -0.25) is 0 Å². The van der Waals surface area contributed by atoms with Gasteiger partial charge in [-0.25, -0.2) is 9.42 Å². The molecular formula is C9H8N2O4. The number of hydrogen-bond acceptors (Lipinski definition) is 5. The molecule has 6 heteroatoms. The fourth-order valence-electron chi connectivity index (χ4n) is 1.17. The van der Waals surface area contributed by atoms with E-state index in [1.807, 2.05) is 0 Å². The number of aromatic nitrogens is 2. The quantitative estimate of drug-likeness (QED) is 0.800. The van der Waals surface area contributed by atoms with Gasteiger partial charge in [-0.05, 0) is 28.0 Å². The molecule has 1 heterocycles. The van der Waals surface area contributed by atoms with Crippen molar-refractivity contribution >= 4 is 17.0 Å². The molecular weight excluding hydrogens is 200 g/mol. The molecule has 2 aromatic rings. The van der Waals surface area contributed by atoms with Crippen LogP contribution < -0.4 is 0 Å². The molecule has 78 valence electrons. The van der Waals surface area contributed by atoms with Crippen LogP contribution in [0.3, 0.4) is 0 Å². The van der Waals surface area contributed by atoms with Gasteiger partial charge in [0.2, 0.25) is 0 Å². The zero-order valence-corrected chi connectivity index (χ0v) is 7.71. The Bertz CT molecular complexity index is 480. The molecule has 0 unspecified atom stereocenters. The van der Waals surface area contributed by atoms with Crippen molar-refractivity contribution in [1.82, 2.24) is 10.3 Å². The predicted octanol–water partition coefficient (Wildman–Crippen LogP) is 0.824. The zero-order valence-electron chi connectivity index (χ0n) is 7.71. The molecule has 1 aromatic heterocycles. The molecule has 1 N–H and O–H groups in total. The van der Waals surface area contributed by atoms with Crippen LogP contribution in [0.4, 0.5) is 0 Å². The fourth-order valence-corrected chi connectivity index (χ4v) is 1.17. The first-order valence-corrected chi connectivity index (χ1v) is 4.26. The van der Waals surface area contributed by atoms with E-state index < -0.39 is 5.97 Å². The Kier molecular flexibility index (Phi) is 2.59. The SMILES string of the molecule is O=C(O)COCc1ccc2nonc2c1. The van der Waals surface area contributed by atoms with E-state index in [0.717, 1.165) is 5.56 Å². The minimum absolute atomic E-state index is 0.231. The molecule has 0 amide bonds. The average Bonchev–Trinajstić information content (AvgIpc) is 2.64. The zero-order chi connectivity index (χ0) is 10.7. The highest BCUT2D eigenvalue weighted by molar-refractivity contribution is 5.73. The van der Waals surface area contributed by atoms with Gasteiger partial charge in [0.25, 0.3) is 0 Å². The van der Waals surface area contributed by atoms with Crippen molar-refractivity contribution in [3.8, 4) is 0 Å². The maximum Gasteiger partial charge on any atom is 0.329 e. The molecule has 0 bridgehead atoms. The summed E-state index contributed by atoms with van der Waals surface area (Å²) < 4.78 is 9.46. The molecule has 0 saturated heterocycles. The maximum absolute atomic E-state index is 10.2. The van der Waals surface area contributed by atoms with E-state index in [2.05, 4.69) is 14.9 Å². The lowest BCUT2D eigenvalue weighted by molar-refractivity contribution is -0.142. The Morgan fingerprint density at radius 1 is 1.40 bits per heavy atom. The molecule has 6 nitrogen and oxygen atoms in total. The summed E-state index contributed by atoms with van der Waals surface area (Å²) in [4.78, 5) is 10.2. The molecule has 0 fully saturated rings. The Labute approximate surface area is 84.4 Å². The third-order valence-electron chi connectivity index (χ3n) is 1.81. The standard InChI is InChI=1S/C9H8N2O4/c12-9(13)5-14-4-6-1-2-7-8(3-6)11-15-10-7/h1-3H,4-5H2,(H,12,13). The van der Waals surface area contributed by atoms with Crippen molar-refractivity contribution in [2.45, 2.75) is 6.61 Å². The van der Waals surface area contributed by atoms with Gasteiger partial charge >= 0.3 is 5.97 Å². The minimum Gasteiger partial charge on any atom is -0.480 e. The van der Waals surface area contributed by atoms with Gasteiger partial charge in [0, 0.05) is 0 Å². The second kappa shape index (κ2) is 4.05. The van der Waals surface area contributed by atoms with E-state index in [1.54, 1.807) is 18.2 Å². The van der Waals surface area contributed by atoms with Gasteiger partial charge in [-0.1, -0.05) is 6.07 Å². The highest BCUT2D eigenvalue weighted by Gasteiger charge is 2.02. The van der Waals surface area contributed by atoms with Crippen LogP contribution in [-0.4, -0.2) is 28.0 Å². The Balaban J connectivity index is 2.04. The van der Waals surface area contributed by atoms with Gasteiger partial charge in [0.1, 0.15) is 17.6 Å². The maximum atomic E-state index is 10.2. The van der Waals surface area contributed by atoms with Crippen LogP contribution in [-0.2, 0) is 16.1 Å². The molecule has 0 aliphatic rings. The minimum atomic E-state index is -0.987. The van der Waals surface area contributed by atoms with Gasteiger partial charge in [-0.2, -0.15) is 0 Å². The van der Waals surface area contributed by atoms with Gasteiger partial charge in [0.05, 0.1) is 6.61 Å². The summed E-state index contributed by atoms with van der Waals surface area (Å²) in [7, 11) is 0. The van der Waals surface area contributed by atoms with Crippen LogP contribution in [0.15, 0.2) is 22.8 Å². The van der Waals surface area contributed by atoms with Crippen LogP contribution in [0.25, 0.3) is 11.0 Å². The number of aliphatic carboxylic acids is 1. The Morgan fingerprint density at radius 2 is 2.20 bits per heavy atom. The predicted molar refractivity (Wildman–Crippen MR) is 49.1 cm³/mol. The smallest absolute Gasteiger partial charge is 0.329 e. The number of nitrogens with zero attached hydrogens (tertiary/aromatic N) is 2. The summed E-state index contributed by atoms with van der Waals surface area (Å²) >= 11 is 0. The van der Waals surface area contributed by atoms with Crippen LogP contribution in [0.2, 0.25) is 0 Å². The van der Waals surface area contributed by atoms with Crippen LogP contribution in [0, 0.1) is 0 Å². The molecule has 0 saturated carbocycles. The van der Waals surface area contributed by atoms with Gasteiger partial charge < -0.3 is 9.84 Å². The first kappa shape index (κ1) is 9.60. The fraction of sp³-hybridized carbons (Fsp3) is 0.222. The highest BCUT2D eigenvalue weighted by Crippen LogP contribution is 2.12. The van der Waals surface area contributed by atoms with E-state index in [4.69, 9.17) is 9.84 Å².